The Labute approximate surface area is 147 Å². The Bertz CT molecular complexity index is 723. The summed E-state index contributed by atoms with van der Waals surface area (Å²) >= 11 is 0. The van der Waals surface area contributed by atoms with Crippen molar-refractivity contribution < 1.29 is 9.59 Å². The van der Waals surface area contributed by atoms with Crippen LogP contribution in [0.1, 0.15) is 17.3 Å². The molecular formula is C19H22N4O2. The molecule has 1 aliphatic rings. The van der Waals surface area contributed by atoms with Crippen LogP contribution < -0.4 is 10.2 Å². The van der Waals surface area contributed by atoms with Crippen LogP contribution in [0.4, 0.5) is 11.4 Å². The van der Waals surface area contributed by atoms with Gasteiger partial charge in [0.25, 0.3) is 0 Å². The second-order valence-electron chi connectivity index (χ2n) is 6.06. The maximum atomic E-state index is 12.4. The molecular weight excluding hydrogens is 316 g/mol. The molecule has 1 fully saturated rings. The van der Waals surface area contributed by atoms with Gasteiger partial charge in [-0.15, -0.1) is 0 Å². The number of carbonyl (C=O) groups excluding carboxylic acids is 2. The van der Waals surface area contributed by atoms with Crippen molar-refractivity contribution >= 4 is 23.1 Å². The molecule has 0 radical (unpaired) electrons. The van der Waals surface area contributed by atoms with Crippen molar-refractivity contribution in [2.24, 2.45) is 0 Å². The fourth-order valence-electron chi connectivity index (χ4n) is 2.88. The summed E-state index contributed by atoms with van der Waals surface area (Å²) in [5.74, 6) is 0.125. The first-order chi connectivity index (χ1) is 12.1. The van der Waals surface area contributed by atoms with Crippen molar-refractivity contribution in [2.45, 2.75) is 6.92 Å². The van der Waals surface area contributed by atoms with E-state index in [0.717, 1.165) is 24.5 Å². The summed E-state index contributed by atoms with van der Waals surface area (Å²) in [6.07, 6.45) is 3.57. The number of ketones is 1. The molecule has 0 bridgehead atoms. The van der Waals surface area contributed by atoms with Gasteiger partial charge in [0.1, 0.15) is 0 Å². The summed E-state index contributed by atoms with van der Waals surface area (Å²) in [5, 5.41) is 3.13. The smallest absolute Gasteiger partial charge is 0.241 e. The van der Waals surface area contributed by atoms with E-state index in [1.807, 2.05) is 29.2 Å². The molecule has 1 aromatic carbocycles. The minimum atomic E-state index is 0.0368. The normalized spacial score (nSPS) is 14.3. The number of hydrogen-bond acceptors (Lipinski definition) is 5. The van der Waals surface area contributed by atoms with Gasteiger partial charge < -0.3 is 15.1 Å². The van der Waals surface area contributed by atoms with Crippen LogP contribution in [0.5, 0.6) is 0 Å². The van der Waals surface area contributed by atoms with Crippen molar-refractivity contribution in [2.75, 3.05) is 42.9 Å². The zero-order valence-corrected chi connectivity index (χ0v) is 14.3. The SMILES string of the molecule is CC(=O)c1ccc(NCC(=O)N2CCN(c3ccncc3)CC2)cc1. The molecule has 0 saturated carbocycles. The quantitative estimate of drug-likeness (QED) is 0.845. The van der Waals surface area contributed by atoms with Crippen molar-refractivity contribution in [1.82, 2.24) is 9.88 Å². The largest absolute Gasteiger partial charge is 0.376 e. The summed E-state index contributed by atoms with van der Waals surface area (Å²) in [4.78, 5) is 31.8. The van der Waals surface area contributed by atoms with Crippen LogP contribution in [-0.2, 0) is 4.79 Å². The number of benzene rings is 1. The molecule has 2 aromatic rings. The lowest BCUT2D eigenvalue weighted by molar-refractivity contribution is -0.129. The third-order valence-corrected chi connectivity index (χ3v) is 4.40. The standard InChI is InChI=1S/C19H22N4O2/c1-15(24)16-2-4-17(5-3-16)21-14-19(25)23-12-10-22(11-13-23)18-6-8-20-9-7-18/h2-9,21H,10-14H2,1H3. The minimum Gasteiger partial charge on any atom is -0.376 e. The summed E-state index contributed by atoms with van der Waals surface area (Å²) in [6, 6.07) is 11.2. The molecule has 0 aliphatic carbocycles. The predicted molar refractivity (Wildman–Crippen MR) is 98.0 cm³/mol. The molecule has 1 amide bonds. The maximum Gasteiger partial charge on any atom is 0.241 e. The number of rotatable bonds is 5. The van der Waals surface area contributed by atoms with E-state index in [0.29, 0.717) is 18.7 Å². The predicted octanol–water partition coefficient (Wildman–Crippen LogP) is 2.04. The molecule has 1 aromatic heterocycles. The fraction of sp³-hybridized carbons (Fsp3) is 0.316. The monoisotopic (exact) mass is 338 g/mol. The van der Waals surface area contributed by atoms with E-state index in [2.05, 4.69) is 15.2 Å². The van der Waals surface area contributed by atoms with E-state index in [1.54, 1.807) is 24.5 Å². The van der Waals surface area contributed by atoms with Crippen molar-refractivity contribution in [3.05, 3.63) is 54.4 Å². The number of piperazine rings is 1. The molecule has 0 unspecified atom stereocenters. The molecule has 0 spiro atoms. The van der Waals surface area contributed by atoms with Gasteiger partial charge in [-0.3, -0.25) is 14.6 Å². The maximum absolute atomic E-state index is 12.4. The summed E-state index contributed by atoms with van der Waals surface area (Å²) in [7, 11) is 0. The number of nitrogens with one attached hydrogen (secondary N) is 1. The van der Waals surface area contributed by atoms with E-state index in [4.69, 9.17) is 0 Å². The molecule has 3 rings (SSSR count). The number of carbonyl (C=O) groups is 2. The third kappa shape index (κ3) is 4.35. The first-order valence-electron chi connectivity index (χ1n) is 8.41. The van der Waals surface area contributed by atoms with Crippen LogP contribution in [0.25, 0.3) is 0 Å². The van der Waals surface area contributed by atoms with Gasteiger partial charge in [-0.2, -0.15) is 0 Å². The van der Waals surface area contributed by atoms with E-state index in [-0.39, 0.29) is 18.2 Å². The summed E-state index contributed by atoms with van der Waals surface area (Å²) in [5.41, 5.74) is 2.66. The highest BCUT2D eigenvalue weighted by Gasteiger charge is 2.20. The van der Waals surface area contributed by atoms with Crippen LogP contribution in [0.2, 0.25) is 0 Å². The first-order valence-corrected chi connectivity index (χ1v) is 8.41. The van der Waals surface area contributed by atoms with Gasteiger partial charge in [-0.1, -0.05) is 0 Å². The second kappa shape index (κ2) is 7.79. The van der Waals surface area contributed by atoms with Crippen LogP contribution >= 0.6 is 0 Å². The second-order valence-corrected chi connectivity index (χ2v) is 6.06. The molecule has 6 nitrogen and oxygen atoms in total. The number of pyridine rings is 1. The number of anilines is 2. The Morgan fingerprint density at radius 2 is 1.64 bits per heavy atom. The number of hydrogen-bond donors (Lipinski definition) is 1. The molecule has 6 heteroatoms. The average Bonchev–Trinajstić information content (AvgIpc) is 2.67. The number of aromatic nitrogens is 1. The molecule has 130 valence electrons. The van der Waals surface area contributed by atoms with Gasteiger partial charge in [-0.05, 0) is 43.3 Å². The molecule has 25 heavy (non-hydrogen) atoms. The lowest BCUT2D eigenvalue weighted by atomic mass is 10.1. The minimum absolute atomic E-state index is 0.0368. The highest BCUT2D eigenvalue weighted by atomic mass is 16.2. The van der Waals surface area contributed by atoms with Crippen molar-refractivity contribution in [3.8, 4) is 0 Å². The first kappa shape index (κ1) is 17.0. The summed E-state index contributed by atoms with van der Waals surface area (Å²) < 4.78 is 0. The average molecular weight is 338 g/mol. The van der Waals surface area contributed by atoms with Crippen LogP contribution in [0, 0.1) is 0 Å². The highest BCUT2D eigenvalue weighted by Crippen LogP contribution is 2.15. The highest BCUT2D eigenvalue weighted by molar-refractivity contribution is 5.94. The third-order valence-electron chi connectivity index (χ3n) is 4.40. The zero-order valence-electron chi connectivity index (χ0n) is 14.3. The molecule has 1 N–H and O–H groups in total. The Balaban J connectivity index is 1.47. The molecule has 1 saturated heterocycles. The van der Waals surface area contributed by atoms with Crippen LogP contribution in [0.15, 0.2) is 48.8 Å². The van der Waals surface area contributed by atoms with Gasteiger partial charge >= 0.3 is 0 Å². The Hall–Kier alpha value is -2.89. The lowest BCUT2D eigenvalue weighted by Gasteiger charge is -2.36. The van der Waals surface area contributed by atoms with E-state index in [9.17, 15) is 9.59 Å². The number of nitrogens with zero attached hydrogens (tertiary/aromatic N) is 3. The van der Waals surface area contributed by atoms with E-state index in [1.165, 1.54) is 6.92 Å². The Morgan fingerprint density at radius 1 is 1.00 bits per heavy atom. The Kier molecular flexibility index (Phi) is 5.28. The van der Waals surface area contributed by atoms with Crippen LogP contribution in [-0.4, -0.2) is 54.3 Å². The fourth-order valence-corrected chi connectivity index (χ4v) is 2.88. The van der Waals surface area contributed by atoms with E-state index < -0.39 is 0 Å². The van der Waals surface area contributed by atoms with E-state index >= 15 is 0 Å². The van der Waals surface area contributed by atoms with Gasteiger partial charge in [0.2, 0.25) is 5.91 Å². The van der Waals surface area contributed by atoms with Gasteiger partial charge in [0.05, 0.1) is 6.54 Å². The van der Waals surface area contributed by atoms with Gasteiger partial charge in [0.15, 0.2) is 5.78 Å². The van der Waals surface area contributed by atoms with Crippen molar-refractivity contribution in [3.63, 3.8) is 0 Å². The zero-order chi connectivity index (χ0) is 17.6. The van der Waals surface area contributed by atoms with Crippen LogP contribution in [0.3, 0.4) is 0 Å². The molecule has 0 atom stereocenters. The molecule has 2 heterocycles. The molecule has 1 aliphatic heterocycles. The number of Topliss-reactive ketones (excluding diaryl/α,β-unsaturated/α-hetero) is 1. The van der Waals surface area contributed by atoms with Gasteiger partial charge in [-0.25, -0.2) is 0 Å². The topological polar surface area (TPSA) is 65.5 Å². The van der Waals surface area contributed by atoms with Crippen molar-refractivity contribution in [1.29, 1.82) is 0 Å². The lowest BCUT2D eigenvalue weighted by Crippen LogP contribution is -2.50. The summed E-state index contributed by atoms with van der Waals surface area (Å²) in [6.45, 7) is 4.87. The Morgan fingerprint density at radius 3 is 2.24 bits per heavy atom. The number of amides is 1. The van der Waals surface area contributed by atoms with Gasteiger partial charge in [0, 0.05) is 55.5 Å².